The average molecular weight is 198 g/mol. The maximum atomic E-state index is 11.1. The van der Waals surface area contributed by atoms with Gasteiger partial charge in [0.2, 0.25) is 11.9 Å². The summed E-state index contributed by atoms with van der Waals surface area (Å²) in [7, 11) is 0. The molecule has 0 aliphatic heterocycles. The molecule has 0 saturated heterocycles. The second kappa shape index (κ2) is 4.45. The highest BCUT2D eigenvalue weighted by Gasteiger charge is 2.22. The summed E-state index contributed by atoms with van der Waals surface area (Å²) in [6.45, 7) is -0.0425. The van der Waals surface area contributed by atoms with E-state index in [1.807, 2.05) is 0 Å². The highest BCUT2D eigenvalue weighted by molar-refractivity contribution is 5.93. The first-order valence-electron chi connectivity index (χ1n) is 4.27. The third-order valence-electron chi connectivity index (χ3n) is 1.57. The van der Waals surface area contributed by atoms with Crippen molar-refractivity contribution in [2.45, 2.75) is 18.9 Å². The molecule has 1 aliphatic carbocycles. The smallest absolute Gasteiger partial charge is 0.242 e. The highest BCUT2D eigenvalue weighted by atomic mass is 16.1. The summed E-state index contributed by atoms with van der Waals surface area (Å²) in [5.74, 6) is -0.425. The van der Waals surface area contributed by atoms with E-state index in [0.717, 1.165) is 12.8 Å². The lowest BCUT2D eigenvalue weighted by Gasteiger charge is -1.99. The van der Waals surface area contributed by atoms with E-state index < -0.39 is 0 Å². The Balaban J connectivity index is 2.29. The third-order valence-corrected chi connectivity index (χ3v) is 1.57. The lowest BCUT2D eigenvalue weighted by molar-refractivity contribution is -0.119. The number of nitrogens with one attached hydrogen (secondary N) is 1. The Kier molecular flexibility index (Phi) is 3.27. The lowest BCUT2D eigenvalue weighted by Crippen LogP contribution is -2.30. The number of nitrogens with two attached hydrogens (primary N) is 3. The fraction of sp³-hybridized carbons (Fsp3) is 0.571. The molecule has 0 aromatic heterocycles. The van der Waals surface area contributed by atoms with Crippen molar-refractivity contribution in [3.63, 3.8) is 0 Å². The van der Waals surface area contributed by atoms with Gasteiger partial charge in [0.25, 0.3) is 0 Å². The van der Waals surface area contributed by atoms with Gasteiger partial charge < -0.3 is 22.5 Å². The van der Waals surface area contributed by atoms with E-state index in [4.69, 9.17) is 17.2 Å². The quantitative estimate of drug-likeness (QED) is 0.304. The molecule has 0 radical (unpaired) electrons. The van der Waals surface area contributed by atoms with Gasteiger partial charge in [-0.05, 0) is 12.8 Å². The number of amides is 1. The van der Waals surface area contributed by atoms with Crippen LogP contribution in [0, 0.1) is 0 Å². The van der Waals surface area contributed by atoms with Crippen molar-refractivity contribution in [2.24, 2.45) is 27.2 Å². The Hall–Kier alpha value is -1.79. The Morgan fingerprint density at radius 1 is 1.36 bits per heavy atom. The second-order valence-corrected chi connectivity index (χ2v) is 3.05. The minimum Gasteiger partial charge on any atom is -0.370 e. The topological polar surface area (TPSA) is 132 Å². The summed E-state index contributed by atoms with van der Waals surface area (Å²) < 4.78 is 0. The van der Waals surface area contributed by atoms with E-state index in [1.54, 1.807) is 0 Å². The second-order valence-electron chi connectivity index (χ2n) is 3.05. The van der Waals surface area contributed by atoms with Crippen molar-refractivity contribution in [2.75, 3.05) is 6.54 Å². The Labute approximate surface area is 81.4 Å². The standard InChI is InChI=1S/C7H14N6O/c8-6(9)13-7(10)11-3-5(14)12-4-1-2-4/h4H,1-3H2,(H,12,14)(H6,8,9,10,11,13). The largest absolute Gasteiger partial charge is 0.370 e. The van der Waals surface area contributed by atoms with Crippen molar-refractivity contribution < 1.29 is 4.79 Å². The normalized spacial score (nSPS) is 16.1. The minimum absolute atomic E-state index is 0.0425. The molecule has 0 atom stereocenters. The summed E-state index contributed by atoms with van der Waals surface area (Å²) in [5.41, 5.74) is 15.4. The first kappa shape index (κ1) is 10.3. The van der Waals surface area contributed by atoms with Gasteiger partial charge in [0, 0.05) is 6.04 Å². The summed E-state index contributed by atoms with van der Waals surface area (Å²) >= 11 is 0. The number of aliphatic imine (C=N–C) groups is 2. The van der Waals surface area contributed by atoms with Gasteiger partial charge in [0.1, 0.15) is 6.54 Å². The third kappa shape index (κ3) is 4.29. The van der Waals surface area contributed by atoms with Crippen molar-refractivity contribution >= 4 is 17.8 Å². The number of rotatable bonds is 3. The molecule has 7 heteroatoms. The average Bonchev–Trinajstić information content (AvgIpc) is 2.83. The van der Waals surface area contributed by atoms with Crippen LogP contribution in [0.4, 0.5) is 0 Å². The molecule has 7 N–H and O–H groups in total. The van der Waals surface area contributed by atoms with Crippen molar-refractivity contribution in [3.8, 4) is 0 Å². The maximum absolute atomic E-state index is 11.1. The minimum atomic E-state index is -0.172. The van der Waals surface area contributed by atoms with Crippen LogP contribution >= 0.6 is 0 Å². The molecule has 1 rings (SSSR count). The van der Waals surface area contributed by atoms with E-state index in [9.17, 15) is 4.79 Å². The Morgan fingerprint density at radius 3 is 2.50 bits per heavy atom. The molecule has 1 fully saturated rings. The van der Waals surface area contributed by atoms with Crippen LogP contribution in [0.3, 0.4) is 0 Å². The van der Waals surface area contributed by atoms with Gasteiger partial charge in [-0.15, -0.1) is 0 Å². The van der Waals surface area contributed by atoms with Crippen molar-refractivity contribution in [1.82, 2.24) is 5.32 Å². The van der Waals surface area contributed by atoms with Crippen LogP contribution in [0.5, 0.6) is 0 Å². The molecule has 0 aromatic rings. The monoisotopic (exact) mass is 198 g/mol. The number of hydrogen-bond donors (Lipinski definition) is 4. The zero-order valence-corrected chi connectivity index (χ0v) is 7.73. The predicted octanol–water partition coefficient (Wildman–Crippen LogP) is -2.15. The lowest BCUT2D eigenvalue weighted by atomic mass is 10.5. The van der Waals surface area contributed by atoms with Gasteiger partial charge in [0.15, 0.2) is 5.96 Å². The Bertz CT molecular complexity index is 276. The number of guanidine groups is 2. The number of hydrogen-bond acceptors (Lipinski definition) is 2. The van der Waals surface area contributed by atoms with Gasteiger partial charge in [-0.25, -0.2) is 4.99 Å². The Morgan fingerprint density at radius 2 is 2.00 bits per heavy atom. The van der Waals surface area contributed by atoms with E-state index in [1.165, 1.54) is 0 Å². The van der Waals surface area contributed by atoms with Gasteiger partial charge in [-0.3, -0.25) is 4.79 Å². The summed E-state index contributed by atoms with van der Waals surface area (Å²) in [4.78, 5) is 18.2. The first-order chi connectivity index (χ1) is 6.58. The SMILES string of the molecule is NC(N)=NC(N)=NCC(=O)NC1CC1. The molecule has 78 valence electrons. The number of carbonyl (C=O) groups is 1. The van der Waals surface area contributed by atoms with Gasteiger partial charge >= 0.3 is 0 Å². The van der Waals surface area contributed by atoms with Crippen LogP contribution in [0.15, 0.2) is 9.98 Å². The highest BCUT2D eigenvalue weighted by Crippen LogP contribution is 2.18. The molecule has 0 unspecified atom stereocenters. The molecule has 1 amide bonds. The van der Waals surface area contributed by atoms with Crippen LogP contribution in [0.25, 0.3) is 0 Å². The molecule has 7 nitrogen and oxygen atoms in total. The molecule has 0 aromatic carbocycles. The predicted molar refractivity (Wildman–Crippen MR) is 53.5 cm³/mol. The van der Waals surface area contributed by atoms with Gasteiger partial charge in [0.05, 0.1) is 0 Å². The van der Waals surface area contributed by atoms with Crippen molar-refractivity contribution in [1.29, 1.82) is 0 Å². The first-order valence-corrected chi connectivity index (χ1v) is 4.27. The van der Waals surface area contributed by atoms with Crippen LogP contribution in [0.1, 0.15) is 12.8 Å². The summed E-state index contributed by atoms with van der Waals surface area (Å²) in [6, 6.07) is 0.321. The molecule has 0 bridgehead atoms. The number of nitrogens with zero attached hydrogens (tertiary/aromatic N) is 2. The molecule has 0 spiro atoms. The molecule has 1 saturated carbocycles. The molecule has 1 aliphatic rings. The summed E-state index contributed by atoms with van der Waals surface area (Å²) in [6.07, 6.45) is 2.08. The molecular formula is C7H14N6O. The van der Waals surface area contributed by atoms with Crippen molar-refractivity contribution in [3.05, 3.63) is 0 Å². The zero-order valence-electron chi connectivity index (χ0n) is 7.73. The fourth-order valence-electron chi connectivity index (χ4n) is 0.821. The van der Waals surface area contributed by atoms with Gasteiger partial charge in [-0.2, -0.15) is 4.99 Å². The molecule has 0 heterocycles. The van der Waals surface area contributed by atoms with E-state index in [-0.39, 0.29) is 24.4 Å². The number of carbonyl (C=O) groups excluding carboxylic acids is 1. The molecule has 14 heavy (non-hydrogen) atoms. The maximum Gasteiger partial charge on any atom is 0.242 e. The summed E-state index contributed by atoms with van der Waals surface area (Å²) in [5, 5.41) is 2.75. The van der Waals surface area contributed by atoms with E-state index in [0.29, 0.717) is 6.04 Å². The van der Waals surface area contributed by atoms with Crippen LogP contribution in [-0.2, 0) is 4.79 Å². The van der Waals surface area contributed by atoms with Crippen LogP contribution in [-0.4, -0.2) is 30.4 Å². The zero-order chi connectivity index (χ0) is 10.6. The van der Waals surface area contributed by atoms with E-state index >= 15 is 0 Å². The van der Waals surface area contributed by atoms with Gasteiger partial charge in [-0.1, -0.05) is 0 Å². The fourth-order valence-corrected chi connectivity index (χ4v) is 0.821. The van der Waals surface area contributed by atoms with Crippen LogP contribution < -0.4 is 22.5 Å². The van der Waals surface area contributed by atoms with E-state index in [2.05, 4.69) is 15.3 Å². The van der Waals surface area contributed by atoms with Crippen LogP contribution in [0.2, 0.25) is 0 Å². The molecular weight excluding hydrogens is 184 g/mol.